The number of hydrogen-bond donors (Lipinski definition) is 5. The van der Waals surface area contributed by atoms with E-state index < -0.39 is 30.2 Å². The Labute approximate surface area is 205 Å². The lowest BCUT2D eigenvalue weighted by atomic mass is 10.0. The number of Topliss-reactive ketones (excluding diaryl/α,β-unsaturated/α-hetero) is 1. The van der Waals surface area contributed by atoms with Crippen molar-refractivity contribution in [2.24, 2.45) is 5.92 Å². The highest BCUT2D eigenvalue weighted by Crippen LogP contribution is 2.13. The zero-order valence-electron chi connectivity index (χ0n) is 20.6. The Kier molecular flexibility index (Phi) is 13.9. The molecule has 0 spiro atoms. The maximum atomic E-state index is 12.1. The van der Waals surface area contributed by atoms with Gasteiger partial charge in [-0.15, -0.1) is 0 Å². The molecule has 0 radical (unpaired) electrons. The van der Waals surface area contributed by atoms with E-state index in [9.17, 15) is 44.7 Å². The number of carbonyl (C=O) groups excluding carboxylic acids is 1. The van der Waals surface area contributed by atoms with Gasteiger partial charge in [0.1, 0.15) is 11.8 Å². The summed E-state index contributed by atoms with van der Waals surface area (Å²) in [5.41, 5.74) is 0. The van der Waals surface area contributed by atoms with Gasteiger partial charge in [-0.2, -0.15) is 0 Å². The number of aliphatic hydroxyl groups excluding tert-OH is 1. The van der Waals surface area contributed by atoms with Gasteiger partial charge in [0.25, 0.3) is 0 Å². The Morgan fingerprint density at radius 3 is 1.51 bits per heavy atom. The molecule has 0 aromatic heterocycles. The molecule has 0 aliphatic carbocycles. The fraction of sp³-hybridized carbons (Fsp3) is 0.818. The summed E-state index contributed by atoms with van der Waals surface area (Å²) in [7, 11) is 0. The molecule has 1 atom stereocenters. The second kappa shape index (κ2) is 15.8. The van der Waals surface area contributed by atoms with Crippen molar-refractivity contribution in [2.75, 3.05) is 72.0 Å². The van der Waals surface area contributed by atoms with Gasteiger partial charge in [0.2, 0.25) is 0 Å². The first-order valence-electron chi connectivity index (χ1n) is 11.8. The zero-order chi connectivity index (χ0) is 26.5. The van der Waals surface area contributed by atoms with Gasteiger partial charge in [-0.3, -0.25) is 38.8 Å². The molecule has 0 aromatic rings. The molecule has 1 saturated heterocycles. The number of β-amino-alcohol motifs (C(OH)–C–C–N with tert-alkyl or cyclic N) is 2. The SMILES string of the molecule is CC(C)C(=O)CC[C@H](C(=O)O)N1CCN(CC(=O)O)CCN(CC(O)O)CCN(CC(=O)O)CC1. The summed E-state index contributed by atoms with van der Waals surface area (Å²) < 4.78 is 0. The summed E-state index contributed by atoms with van der Waals surface area (Å²) in [6, 6.07) is -0.972. The van der Waals surface area contributed by atoms with Crippen LogP contribution in [0.25, 0.3) is 0 Å². The lowest BCUT2D eigenvalue weighted by molar-refractivity contribution is -0.145. The predicted molar refractivity (Wildman–Crippen MR) is 125 cm³/mol. The van der Waals surface area contributed by atoms with Crippen LogP contribution in [0.1, 0.15) is 26.7 Å². The van der Waals surface area contributed by atoms with Gasteiger partial charge in [0.05, 0.1) is 13.1 Å². The first kappa shape index (κ1) is 30.9. The standard InChI is InChI=1S/C22H40N4O9/c1-16(2)18(27)4-3-17(22(34)35)26-11-9-24(14-20(30)31)7-5-23(13-19(28)29)6-8-25(10-12-26)15-21(32)33/h16-17,19,28-29H,3-15H2,1-2H3,(H,30,31)(H,32,33)(H,34,35)/t17-/m1/s1. The monoisotopic (exact) mass is 504 g/mol. The molecule has 35 heavy (non-hydrogen) atoms. The molecule has 1 heterocycles. The van der Waals surface area contributed by atoms with Crippen LogP contribution in [0.4, 0.5) is 0 Å². The summed E-state index contributed by atoms with van der Waals surface area (Å²) in [6.07, 6.45) is -1.39. The number of aliphatic carboxylic acids is 3. The molecular formula is C22H40N4O9. The number of carboxylic acid groups (broad SMARTS) is 3. The van der Waals surface area contributed by atoms with Crippen LogP contribution in [-0.4, -0.2) is 153 Å². The number of ketones is 1. The van der Waals surface area contributed by atoms with Crippen molar-refractivity contribution in [1.82, 2.24) is 19.6 Å². The van der Waals surface area contributed by atoms with E-state index in [1.165, 1.54) is 0 Å². The Morgan fingerprint density at radius 1 is 0.714 bits per heavy atom. The third kappa shape index (κ3) is 12.9. The number of nitrogens with zero attached hydrogens (tertiary/aromatic N) is 4. The first-order valence-corrected chi connectivity index (χ1v) is 11.8. The van der Waals surface area contributed by atoms with Gasteiger partial charge in [-0.25, -0.2) is 0 Å². The Hall–Kier alpha value is -2.16. The second-order valence-corrected chi connectivity index (χ2v) is 9.17. The van der Waals surface area contributed by atoms with E-state index in [0.29, 0.717) is 13.1 Å². The molecule has 1 aliphatic heterocycles. The number of aliphatic hydroxyl groups is 2. The van der Waals surface area contributed by atoms with Gasteiger partial charge in [-0.05, 0) is 6.42 Å². The Balaban J connectivity index is 3.12. The number of hydrogen-bond acceptors (Lipinski definition) is 10. The average molecular weight is 505 g/mol. The normalized spacial score (nSPS) is 19.3. The van der Waals surface area contributed by atoms with Crippen LogP contribution in [0.5, 0.6) is 0 Å². The van der Waals surface area contributed by atoms with Crippen molar-refractivity contribution in [3.05, 3.63) is 0 Å². The summed E-state index contributed by atoms with van der Waals surface area (Å²) >= 11 is 0. The molecule has 0 bridgehead atoms. The van der Waals surface area contributed by atoms with E-state index in [1.807, 2.05) is 0 Å². The topological polar surface area (TPSA) is 182 Å². The summed E-state index contributed by atoms with van der Waals surface area (Å²) in [6.45, 7) is 5.01. The van der Waals surface area contributed by atoms with Crippen molar-refractivity contribution < 1.29 is 44.7 Å². The number of rotatable bonds is 12. The van der Waals surface area contributed by atoms with Crippen molar-refractivity contribution in [1.29, 1.82) is 0 Å². The third-order valence-electron chi connectivity index (χ3n) is 6.04. The molecule has 0 saturated carbocycles. The maximum absolute atomic E-state index is 12.1. The molecule has 5 N–H and O–H groups in total. The molecule has 1 fully saturated rings. The van der Waals surface area contributed by atoms with Crippen LogP contribution >= 0.6 is 0 Å². The highest BCUT2D eigenvalue weighted by molar-refractivity contribution is 5.81. The molecule has 202 valence electrons. The minimum absolute atomic E-state index is 0.0447. The van der Waals surface area contributed by atoms with Crippen molar-refractivity contribution in [3.8, 4) is 0 Å². The maximum Gasteiger partial charge on any atom is 0.320 e. The molecule has 1 rings (SSSR count). The molecule has 13 heteroatoms. The molecule has 1 aliphatic rings. The summed E-state index contributed by atoms with van der Waals surface area (Å²) in [5, 5.41) is 47.3. The van der Waals surface area contributed by atoms with Crippen molar-refractivity contribution >= 4 is 23.7 Å². The van der Waals surface area contributed by atoms with Crippen molar-refractivity contribution in [3.63, 3.8) is 0 Å². The van der Waals surface area contributed by atoms with Gasteiger partial charge in [0.15, 0.2) is 6.29 Å². The molecule has 13 nitrogen and oxygen atoms in total. The Morgan fingerprint density at radius 2 is 1.14 bits per heavy atom. The van der Waals surface area contributed by atoms with Crippen LogP contribution in [0.2, 0.25) is 0 Å². The minimum atomic E-state index is -1.59. The van der Waals surface area contributed by atoms with Crippen LogP contribution in [0.15, 0.2) is 0 Å². The first-order chi connectivity index (χ1) is 16.4. The smallest absolute Gasteiger partial charge is 0.320 e. The highest BCUT2D eigenvalue weighted by atomic mass is 16.5. The molecule has 0 aromatic carbocycles. The summed E-state index contributed by atoms with van der Waals surface area (Å²) in [4.78, 5) is 53.7. The lowest BCUT2D eigenvalue weighted by Gasteiger charge is -2.35. The van der Waals surface area contributed by atoms with E-state index in [4.69, 9.17) is 0 Å². The van der Waals surface area contributed by atoms with Gasteiger partial charge < -0.3 is 25.5 Å². The molecule has 0 amide bonds. The van der Waals surface area contributed by atoms with E-state index in [-0.39, 0.29) is 83.4 Å². The third-order valence-corrected chi connectivity index (χ3v) is 6.04. The Bertz CT molecular complexity index is 672. The van der Waals surface area contributed by atoms with Crippen LogP contribution < -0.4 is 0 Å². The van der Waals surface area contributed by atoms with Crippen molar-refractivity contribution in [2.45, 2.75) is 39.0 Å². The highest BCUT2D eigenvalue weighted by Gasteiger charge is 2.28. The number of carboxylic acids is 3. The molecule has 0 unspecified atom stereocenters. The summed E-state index contributed by atoms with van der Waals surface area (Å²) in [5.74, 6) is -3.43. The quantitative estimate of drug-likeness (QED) is 0.187. The van der Waals surface area contributed by atoms with Gasteiger partial charge in [0, 0.05) is 71.2 Å². The second-order valence-electron chi connectivity index (χ2n) is 9.17. The fourth-order valence-electron chi connectivity index (χ4n) is 4.01. The van der Waals surface area contributed by atoms with Crippen LogP contribution in [0, 0.1) is 5.92 Å². The van der Waals surface area contributed by atoms with Crippen LogP contribution in [0.3, 0.4) is 0 Å². The fourth-order valence-corrected chi connectivity index (χ4v) is 4.01. The largest absolute Gasteiger partial charge is 0.480 e. The van der Waals surface area contributed by atoms with Gasteiger partial charge >= 0.3 is 17.9 Å². The van der Waals surface area contributed by atoms with Gasteiger partial charge in [-0.1, -0.05) is 13.8 Å². The minimum Gasteiger partial charge on any atom is -0.480 e. The molecular weight excluding hydrogens is 464 g/mol. The lowest BCUT2D eigenvalue weighted by Crippen LogP contribution is -2.52. The number of carbonyl (C=O) groups is 4. The predicted octanol–water partition coefficient (Wildman–Crippen LogP) is -1.85. The van der Waals surface area contributed by atoms with Crippen LogP contribution in [-0.2, 0) is 19.2 Å². The van der Waals surface area contributed by atoms with E-state index in [0.717, 1.165) is 0 Å². The van der Waals surface area contributed by atoms with E-state index >= 15 is 0 Å². The van der Waals surface area contributed by atoms with E-state index in [1.54, 1.807) is 33.4 Å². The van der Waals surface area contributed by atoms with E-state index in [2.05, 4.69) is 0 Å². The average Bonchev–Trinajstić information content (AvgIpc) is 2.73. The zero-order valence-corrected chi connectivity index (χ0v) is 20.6.